The van der Waals surface area contributed by atoms with Crippen molar-refractivity contribution in [3.8, 4) is 0 Å². The van der Waals surface area contributed by atoms with Crippen LogP contribution in [0.15, 0.2) is 0 Å². The second kappa shape index (κ2) is 29.0. The highest BCUT2D eigenvalue weighted by Gasteiger charge is 2.08. The summed E-state index contributed by atoms with van der Waals surface area (Å²) < 4.78 is 18.1. The van der Waals surface area contributed by atoms with Crippen LogP contribution >= 0.6 is 11.8 Å². The molecule has 0 rings (SSSR count). The van der Waals surface area contributed by atoms with Gasteiger partial charge in [0.05, 0.1) is 47.1 Å². The fraction of sp³-hybridized carbons (Fsp3) is 1.00. The van der Waals surface area contributed by atoms with E-state index < -0.39 is 0 Å². The van der Waals surface area contributed by atoms with Gasteiger partial charge in [0.2, 0.25) is 0 Å². The lowest BCUT2D eigenvalue weighted by molar-refractivity contribution is -0.870. The van der Waals surface area contributed by atoms with Gasteiger partial charge >= 0.3 is 0 Å². The molecule has 214 valence electrons. The number of hydrogen-bond acceptors (Lipinski definition) is 4. The predicted molar refractivity (Wildman–Crippen MR) is 152 cm³/mol. The number of likely N-dealkylation sites (N-methyl/N-ethyl adjacent to an activating group) is 1. The van der Waals surface area contributed by atoms with Crippen LogP contribution in [0.5, 0.6) is 0 Å². The van der Waals surface area contributed by atoms with Crippen LogP contribution in [0.25, 0.3) is 0 Å². The van der Waals surface area contributed by atoms with Crippen LogP contribution in [0.4, 0.5) is 0 Å². The summed E-state index contributed by atoms with van der Waals surface area (Å²) in [5.41, 5.74) is 0. The van der Waals surface area contributed by atoms with Gasteiger partial charge in [0.1, 0.15) is 6.54 Å². The van der Waals surface area contributed by atoms with Crippen molar-refractivity contribution in [2.45, 2.75) is 116 Å². The van der Waals surface area contributed by atoms with E-state index in [-0.39, 0.29) is 18.5 Å². The van der Waals surface area contributed by atoms with Gasteiger partial charge in [-0.3, -0.25) is 0 Å². The lowest BCUT2D eigenvalue weighted by atomic mass is 10.0. The molecule has 1 atom stereocenters. The second-order valence-electron chi connectivity index (χ2n) is 10.9. The molecule has 4 nitrogen and oxygen atoms in total. The Morgan fingerprint density at radius 1 is 0.629 bits per heavy atom. The zero-order chi connectivity index (χ0) is 25.2. The number of rotatable bonds is 28. The van der Waals surface area contributed by atoms with Gasteiger partial charge in [0, 0.05) is 25.2 Å². The van der Waals surface area contributed by atoms with E-state index in [9.17, 15) is 0 Å². The molecule has 0 aliphatic heterocycles. The molecule has 0 aromatic rings. The molecule has 0 aliphatic rings. The minimum absolute atomic E-state index is 0. The standard InChI is InChI=1S/C29H62NO3S.ClH/c1-6-7-8-9-10-11-12-13-14-15-16-17-18-19-20-21-23-33-27-29(31-5)28-34-26-25-32-24-22-30(2,3)4;/h29H,6-28H2,1-5H3;1H/q+1;/p-1. The quantitative estimate of drug-likeness (QED) is 0.106. The summed E-state index contributed by atoms with van der Waals surface area (Å²) in [4.78, 5) is 0. The van der Waals surface area contributed by atoms with Gasteiger partial charge in [-0.05, 0) is 6.42 Å². The largest absolute Gasteiger partial charge is 1.00 e. The minimum atomic E-state index is 0. The maximum absolute atomic E-state index is 5.87. The van der Waals surface area contributed by atoms with Crippen LogP contribution in [0, 0.1) is 0 Å². The molecule has 0 saturated carbocycles. The van der Waals surface area contributed by atoms with Gasteiger partial charge in [-0.25, -0.2) is 0 Å². The summed E-state index contributed by atoms with van der Waals surface area (Å²) in [7, 11) is 8.38. The van der Waals surface area contributed by atoms with Gasteiger partial charge in [-0.15, -0.1) is 0 Å². The monoisotopic (exact) mass is 539 g/mol. The van der Waals surface area contributed by atoms with E-state index in [4.69, 9.17) is 14.2 Å². The van der Waals surface area contributed by atoms with E-state index in [0.717, 1.165) is 42.4 Å². The molecule has 0 N–H and O–H groups in total. The number of nitrogens with zero attached hydrogens (tertiary/aromatic N) is 1. The first-order valence-corrected chi connectivity index (χ1v) is 15.7. The van der Waals surface area contributed by atoms with Gasteiger partial charge in [-0.2, -0.15) is 11.8 Å². The number of hydrogen-bond donors (Lipinski definition) is 0. The lowest BCUT2D eigenvalue weighted by Gasteiger charge is -2.23. The number of thioether (sulfide) groups is 1. The average molecular weight is 540 g/mol. The van der Waals surface area contributed by atoms with Crippen molar-refractivity contribution in [1.29, 1.82) is 0 Å². The SMILES string of the molecule is CCCCCCCCCCCCCCCCCCOCC(CSCCOCC[N+](C)(C)C)OC.[Cl-]. The lowest BCUT2D eigenvalue weighted by Crippen LogP contribution is -3.00. The van der Waals surface area contributed by atoms with E-state index in [0.29, 0.717) is 6.61 Å². The van der Waals surface area contributed by atoms with Crippen molar-refractivity contribution >= 4 is 11.8 Å². The number of ether oxygens (including phenoxy) is 3. The van der Waals surface area contributed by atoms with Gasteiger partial charge < -0.3 is 31.1 Å². The Morgan fingerprint density at radius 3 is 1.57 bits per heavy atom. The molecule has 0 aromatic heterocycles. The third-order valence-corrected chi connectivity index (χ3v) is 7.42. The summed E-state index contributed by atoms with van der Waals surface area (Å²) in [6, 6.07) is 0. The molecule has 0 radical (unpaired) electrons. The average Bonchev–Trinajstić information content (AvgIpc) is 2.80. The fourth-order valence-electron chi connectivity index (χ4n) is 3.92. The molecule has 0 saturated heterocycles. The van der Waals surface area contributed by atoms with Crippen LogP contribution < -0.4 is 12.4 Å². The third kappa shape index (κ3) is 32.5. The van der Waals surface area contributed by atoms with Gasteiger partial charge in [0.15, 0.2) is 0 Å². The van der Waals surface area contributed by atoms with Crippen LogP contribution in [-0.2, 0) is 14.2 Å². The van der Waals surface area contributed by atoms with Crippen molar-refractivity contribution in [3.63, 3.8) is 0 Å². The third-order valence-electron chi connectivity index (χ3n) is 6.36. The van der Waals surface area contributed by atoms with Crippen LogP contribution in [0.3, 0.4) is 0 Å². The van der Waals surface area contributed by atoms with Crippen molar-refractivity contribution in [3.05, 3.63) is 0 Å². The zero-order valence-corrected chi connectivity index (χ0v) is 25.9. The molecule has 0 spiro atoms. The molecule has 0 bridgehead atoms. The number of halogens is 1. The molecule has 0 amide bonds. The van der Waals surface area contributed by atoms with E-state index in [2.05, 4.69) is 28.1 Å². The van der Waals surface area contributed by atoms with E-state index >= 15 is 0 Å². The molecule has 0 heterocycles. The van der Waals surface area contributed by atoms with Gasteiger partial charge in [0.25, 0.3) is 0 Å². The minimum Gasteiger partial charge on any atom is -1.00 e. The Hall–Kier alpha value is 0.480. The molecular formula is C29H62ClNO3S. The van der Waals surface area contributed by atoms with Gasteiger partial charge in [-0.1, -0.05) is 103 Å². The van der Waals surface area contributed by atoms with Crippen molar-refractivity contribution in [2.24, 2.45) is 0 Å². The highest BCUT2D eigenvalue weighted by Crippen LogP contribution is 2.14. The Kier molecular flexibility index (Phi) is 31.2. The summed E-state index contributed by atoms with van der Waals surface area (Å²) in [6.45, 7) is 6.59. The molecule has 0 aliphatic carbocycles. The van der Waals surface area contributed by atoms with Crippen LogP contribution in [0.1, 0.15) is 110 Å². The van der Waals surface area contributed by atoms with Crippen molar-refractivity contribution < 1.29 is 31.1 Å². The first kappa shape index (κ1) is 37.6. The summed E-state index contributed by atoms with van der Waals surface area (Å²) >= 11 is 1.90. The predicted octanol–water partition coefficient (Wildman–Crippen LogP) is 4.74. The normalized spacial score (nSPS) is 12.6. The first-order valence-electron chi connectivity index (χ1n) is 14.6. The molecule has 1 unspecified atom stereocenters. The van der Waals surface area contributed by atoms with Crippen molar-refractivity contribution in [1.82, 2.24) is 0 Å². The number of quaternary nitrogens is 1. The molecule has 0 fully saturated rings. The molecular weight excluding hydrogens is 478 g/mol. The highest BCUT2D eigenvalue weighted by atomic mass is 35.5. The Labute approximate surface area is 231 Å². The summed E-state index contributed by atoms with van der Waals surface area (Å²) in [6.07, 6.45) is 22.7. The smallest absolute Gasteiger partial charge is 0.102 e. The van der Waals surface area contributed by atoms with Crippen molar-refractivity contribution in [2.75, 3.05) is 72.7 Å². The van der Waals surface area contributed by atoms with Crippen LogP contribution in [-0.4, -0.2) is 83.3 Å². The van der Waals surface area contributed by atoms with E-state index in [1.54, 1.807) is 7.11 Å². The second-order valence-corrected chi connectivity index (χ2v) is 12.1. The first-order chi connectivity index (χ1) is 16.5. The van der Waals surface area contributed by atoms with E-state index in [1.165, 1.54) is 103 Å². The highest BCUT2D eigenvalue weighted by molar-refractivity contribution is 7.99. The molecule has 6 heteroatoms. The van der Waals surface area contributed by atoms with E-state index in [1.807, 2.05) is 11.8 Å². The zero-order valence-electron chi connectivity index (χ0n) is 24.3. The topological polar surface area (TPSA) is 27.7 Å². The molecule has 0 aromatic carbocycles. The Morgan fingerprint density at radius 2 is 1.11 bits per heavy atom. The number of unbranched alkanes of at least 4 members (excludes halogenated alkanes) is 15. The molecule has 35 heavy (non-hydrogen) atoms. The number of methoxy groups -OCH3 is 1. The van der Waals surface area contributed by atoms with Crippen LogP contribution in [0.2, 0.25) is 0 Å². The maximum atomic E-state index is 5.87. The summed E-state index contributed by atoms with van der Waals surface area (Å²) in [5, 5.41) is 0. The summed E-state index contributed by atoms with van der Waals surface area (Å²) in [5.74, 6) is 2.00. The maximum Gasteiger partial charge on any atom is 0.102 e. The Balaban J connectivity index is 0. The fourth-order valence-corrected chi connectivity index (χ4v) is 4.82. The Bertz CT molecular complexity index is 397.